The summed E-state index contributed by atoms with van der Waals surface area (Å²) in [7, 11) is -3.63. The second-order valence-corrected chi connectivity index (χ2v) is 7.83. The number of carbonyl (C=O) groups is 1. The van der Waals surface area contributed by atoms with Gasteiger partial charge in [0.15, 0.2) is 0 Å². The maximum absolute atomic E-state index is 12.4. The summed E-state index contributed by atoms with van der Waals surface area (Å²) in [5, 5.41) is 2.71. The largest absolute Gasteiger partial charge is 0.323 e. The van der Waals surface area contributed by atoms with Crippen molar-refractivity contribution in [3.63, 3.8) is 0 Å². The Balaban J connectivity index is 1.59. The van der Waals surface area contributed by atoms with Gasteiger partial charge >= 0.3 is 0 Å². The van der Waals surface area contributed by atoms with E-state index in [-0.39, 0.29) is 17.3 Å². The van der Waals surface area contributed by atoms with Gasteiger partial charge in [-0.05, 0) is 41.5 Å². The molecule has 3 rings (SSSR count). The Labute approximate surface area is 164 Å². The first-order valence-electron chi connectivity index (χ1n) is 8.71. The van der Waals surface area contributed by atoms with Gasteiger partial charge < -0.3 is 5.32 Å². The summed E-state index contributed by atoms with van der Waals surface area (Å²) in [4.78, 5) is 12.1. The first-order valence-corrected chi connectivity index (χ1v) is 10.2. The zero-order valence-electron chi connectivity index (χ0n) is 15.1. The Hall–Kier alpha value is -3.22. The van der Waals surface area contributed by atoms with Crippen molar-refractivity contribution in [3.05, 3.63) is 102 Å². The number of sulfonamides is 1. The van der Waals surface area contributed by atoms with Crippen LogP contribution >= 0.6 is 0 Å². The van der Waals surface area contributed by atoms with E-state index in [0.717, 1.165) is 11.1 Å². The monoisotopic (exact) mass is 392 g/mol. The first kappa shape index (κ1) is 19.5. The van der Waals surface area contributed by atoms with E-state index < -0.39 is 10.0 Å². The lowest BCUT2D eigenvalue weighted by atomic mass is 10.2. The Morgan fingerprint density at radius 2 is 1.43 bits per heavy atom. The minimum atomic E-state index is -3.63. The molecule has 0 saturated carbocycles. The fraction of sp³-hybridized carbons (Fsp3) is 0.0455. The Morgan fingerprint density at radius 3 is 2.07 bits per heavy atom. The van der Waals surface area contributed by atoms with Crippen LogP contribution in [0.15, 0.2) is 95.9 Å². The highest BCUT2D eigenvalue weighted by atomic mass is 32.2. The van der Waals surface area contributed by atoms with Crippen molar-refractivity contribution in [1.29, 1.82) is 0 Å². The summed E-state index contributed by atoms with van der Waals surface area (Å²) in [6.45, 7) is 0.214. The molecule has 0 unspecified atom stereocenters. The first-order chi connectivity index (χ1) is 13.5. The highest BCUT2D eigenvalue weighted by Gasteiger charge is 2.13. The lowest BCUT2D eigenvalue weighted by Gasteiger charge is -2.08. The molecule has 0 heterocycles. The van der Waals surface area contributed by atoms with E-state index >= 15 is 0 Å². The quantitative estimate of drug-likeness (QED) is 0.600. The molecular formula is C22H20N2O3S. The molecule has 3 aromatic rings. The van der Waals surface area contributed by atoms with Gasteiger partial charge in [-0.25, -0.2) is 13.1 Å². The standard InChI is InChI=1S/C22H20N2O3S/c25-22(16-11-18-7-3-1-4-8-18)24-20-12-14-21(15-13-20)28(26,27)23-17-19-9-5-2-6-10-19/h1-16,23H,17H2,(H,24,25)/b16-11+. The van der Waals surface area contributed by atoms with Gasteiger partial charge in [0.1, 0.15) is 0 Å². The maximum atomic E-state index is 12.4. The summed E-state index contributed by atoms with van der Waals surface area (Å²) in [5.41, 5.74) is 2.31. The lowest BCUT2D eigenvalue weighted by molar-refractivity contribution is -0.111. The number of benzene rings is 3. The van der Waals surface area contributed by atoms with Crippen LogP contribution in [0.1, 0.15) is 11.1 Å². The lowest BCUT2D eigenvalue weighted by Crippen LogP contribution is -2.23. The third kappa shape index (κ3) is 5.64. The summed E-state index contributed by atoms with van der Waals surface area (Å²) in [5.74, 6) is -0.290. The van der Waals surface area contributed by atoms with Crippen LogP contribution in [0.25, 0.3) is 6.08 Å². The van der Waals surface area contributed by atoms with Crippen LogP contribution < -0.4 is 10.0 Å². The molecule has 142 valence electrons. The van der Waals surface area contributed by atoms with Crippen molar-refractivity contribution in [1.82, 2.24) is 4.72 Å². The van der Waals surface area contributed by atoms with Gasteiger partial charge in [0.25, 0.3) is 0 Å². The number of nitrogens with one attached hydrogen (secondary N) is 2. The van der Waals surface area contributed by atoms with Crippen LogP contribution in [-0.4, -0.2) is 14.3 Å². The van der Waals surface area contributed by atoms with E-state index in [4.69, 9.17) is 0 Å². The molecule has 0 bridgehead atoms. The van der Waals surface area contributed by atoms with E-state index in [0.29, 0.717) is 5.69 Å². The summed E-state index contributed by atoms with van der Waals surface area (Å²) in [6.07, 6.45) is 3.14. The van der Waals surface area contributed by atoms with E-state index in [1.54, 1.807) is 18.2 Å². The van der Waals surface area contributed by atoms with Crippen LogP contribution in [0, 0.1) is 0 Å². The summed E-state index contributed by atoms with van der Waals surface area (Å²) >= 11 is 0. The van der Waals surface area contributed by atoms with Gasteiger partial charge in [-0.15, -0.1) is 0 Å². The zero-order chi connectivity index (χ0) is 19.8. The van der Waals surface area contributed by atoms with E-state index in [2.05, 4.69) is 10.0 Å². The number of hydrogen-bond donors (Lipinski definition) is 2. The van der Waals surface area contributed by atoms with Crippen molar-refractivity contribution >= 4 is 27.7 Å². The average molecular weight is 392 g/mol. The van der Waals surface area contributed by atoms with Crippen molar-refractivity contribution in [2.24, 2.45) is 0 Å². The van der Waals surface area contributed by atoms with Crippen molar-refractivity contribution in [2.75, 3.05) is 5.32 Å². The topological polar surface area (TPSA) is 75.3 Å². The van der Waals surface area contributed by atoms with Crippen LogP contribution in [0.2, 0.25) is 0 Å². The average Bonchev–Trinajstić information content (AvgIpc) is 2.73. The van der Waals surface area contributed by atoms with Gasteiger partial charge in [-0.2, -0.15) is 0 Å². The molecule has 0 aliphatic heterocycles. The minimum Gasteiger partial charge on any atom is -0.323 e. The smallest absolute Gasteiger partial charge is 0.248 e. The Kier molecular flexibility index (Phi) is 6.37. The highest BCUT2D eigenvalue weighted by molar-refractivity contribution is 7.89. The van der Waals surface area contributed by atoms with Crippen molar-refractivity contribution in [3.8, 4) is 0 Å². The number of anilines is 1. The fourth-order valence-corrected chi connectivity index (χ4v) is 3.51. The van der Waals surface area contributed by atoms with Crippen LogP contribution in [0.5, 0.6) is 0 Å². The molecule has 0 spiro atoms. The van der Waals surface area contributed by atoms with Gasteiger partial charge in [-0.1, -0.05) is 60.7 Å². The molecule has 1 amide bonds. The number of amides is 1. The third-order valence-corrected chi connectivity index (χ3v) is 5.39. The number of rotatable bonds is 7. The second-order valence-electron chi connectivity index (χ2n) is 6.07. The molecule has 3 aromatic carbocycles. The van der Waals surface area contributed by atoms with Gasteiger partial charge in [-0.3, -0.25) is 4.79 Å². The minimum absolute atomic E-state index is 0.140. The molecule has 6 heteroatoms. The molecular weight excluding hydrogens is 372 g/mol. The number of carbonyl (C=O) groups excluding carboxylic acids is 1. The second kappa shape index (κ2) is 9.12. The van der Waals surface area contributed by atoms with Crippen LogP contribution in [0.4, 0.5) is 5.69 Å². The molecule has 5 nitrogen and oxygen atoms in total. The van der Waals surface area contributed by atoms with Gasteiger partial charge in [0.2, 0.25) is 15.9 Å². The molecule has 2 N–H and O–H groups in total. The van der Waals surface area contributed by atoms with E-state index in [1.807, 2.05) is 60.7 Å². The molecule has 0 saturated heterocycles. The number of hydrogen-bond acceptors (Lipinski definition) is 3. The molecule has 0 aromatic heterocycles. The molecule has 0 radical (unpaired) electrons. The predicted molar refractivity (Wildman–Crippen MR) is 111 cm³/mol. The van der Waals surface area contributed by atoms with E-state index in [1.165, 1.54) is 18.2 Å². The molecule has 0 atom stereocenters. The molecule has 0 aliphatic carbocycles. The summed E-state index contributed by atoms with van der Waals surface area (Å²) in [6, 6.07) is 24.8. The van der Waals surface area contributed by atoms with Crippen molar-refractivity contribution in [2.45, 2.75) is 11.4 Å². The Bertz CT molecular complexity index is 1050. The fourth-order valence-electron chi connectivity index (χ4n) is 2.49. The SMILES string of the molecule is O=C(/C=C/c1ccccc1)Nc1ccc(S(=O)(=O)NCc2ccccc2)cc1. The van der Waals surface area contributed by atoms with Crippen LogP contribution in [0.3, 0.4) is 0 Å². The predicted octanol–water partition coefficient (Wildman–Crippen LogP) is 3.82. The third-order valence-electron chi connectivity index (χ3n) is 3.97. The Morgan fingerprint density at radius 1 is 0.821 bits per heavy atom. The molecule has 28 heavy (non-hydrogen) atoms. The van der Waals surface area contributed by atoms with Gasteiger partial charge in [0, 0.05) is 18.3 Å². The molecule has 0 fully saturated rings. The molecule has 0 aliphatic rings. The van der Waals surface area contributed by atoms with Crippen LogP contribution in [-0.2, 0) is 21.4 Å². The van der Waals surface area contributed by atoms with Gasteiger partial charge in [0.05, 0.1) is 4.90 Å². The summed E-state index contributed by atoms with van der Waals surface area (Å²) < 4.78 is 27.3. The van der Waals surface area contributed by atoms with Crippen molar-refractivity contribution < 1.29 is 13.2 Å². The zero-order valence-corrected chi connectivity index (χ0v) is 15.9. The maximum Gasteiger partial charge on any atom is 0.248 e. The highest BCUT2D eigenvalue weighted by Crippen LogP contribution is 2.15. The van der Waals surface area contributed by atoms with E-state index in [9.17, 15) is 13.2 Å². The normalized spacial score (nSPS) is 11.4.